The molecule has 0 amide bonds. The van der Waals surface area contributed by atoms with Crippen LogP contribution in [0.2, 0.25) is 0 Å². The van der Waals surface area contributed by atoms with Crippen molar-refractivity contribution in [3.05, 3.63) is 23.8 Å². The van der Waals surface area contributed by atoms with Crippen LogP contribution < -0.4 is 5.73 Å². The van der Waals surface area contributed by atoms with Crippen molar-refractivity contribution < 1.29 is 15.3 Å². The number of phenolic OH excluding ortho intramolecular Hbond substituents is 2. The normalized spacial score (nSPS) is 14.9. The van der Waals surface area contributed by atoms with E-state index in [0.29, 0.717) is 12.0 Å². The molecular weight excluding hydrogens is 194 g/mol. The van der Waals surface area contributed by atoms with Crippen molar-refractivity contribution in [3.63, 3.8) is 0 Å². The molecule has 5 N–H and O–H groups in total. The molecule has 0 fully saturated rings. The molecule has 0 bridgehead atoms. The number of aliphatic hydroxyl groups is 1. The molecule has 4 heteroatoms. The average Bonchev–Trinajstić information content (AvgIpc) is 2.21. The van der Waals surface area contributed by atoms with E-state index in [0.717, 1.165) is 6.42 Å². The van der Waals surface area contributed by atoms with Crippen LogP contribution in [0.3, 0.4) is 0 Å². The van der Waals surface area contributed by atoms with E-state index in [1.807, 2.05) is 6.92 Å². The lowest BCUT2D eigenvalue weighted by Gasteiger charge is -2.19. The molecule has 84 valence electrons. The molecule has 0 unspecified atom stereocenters. The van der Waals surface area contributed by atoms with Gasteiger partial charge in [0.05, 0.1) is 12.1 Å². The Morgan fingerprint density at radius 3 is 2.60 bits per heavy atom. The van der Waals surface area contributed by atoms with Crippen LogP contribution in [-0.2, 0) is 0 Å². The molecule has 0 spiro atoms. The summed E-state index contributed by atoms with van der Waals surface area (Å²) in [4.78, 5) is 0. The van der Waals surface area contributed by atoms with Crippen molar-refractivity contribution in [2.24, 2.45) is 5.73 Å². The lowest BCUT2D eigenvalue weighted by Crippen LogP contribution is -2.25. The Kier molecular flexibility index (Phi) is 3.94. The van der Waals surface area contributed by atoms with E-state index in [1.54, 1.807) is 0 Å². The number of hydrogen-bond acceptors (Lipinski definition) is 4. The first-order valence-corrected chi connectivity index (χ1v) is 5.01. The lowest BCUT2D eigenvalue weighted by atomic mass is 9.98. The Labute approximate surface area is 89.0 Å². The van der Waals surface area contributed by atoms with E-state index in [4.69, 9.17) is 5.73 Å². The first kappa shape index (κ1) is 11.8. The van der Waals surface area contributed by atoms with Gasteiger partial charge in [0, 0.05) is 5.56 Å². The van der Waals surface area contributed by atoms with Gasteiger partial charge >= 0.3 is 0 Å². The van der Waals surface area contributed by atoms with Crippen molar-refractivity contribution >= 4 is 0 Å². The highest BCUT2D eigenvalue weighted by atomic mass is 16.3. The fraction of sp³-hybridized carbons (Fsp3) is 0.455. The minimum absolute atomic E-state index is 0.00421. The van der Waals surface area contributed by atoms with Gasteiger partial charge < -0.3 is 21.1 Å². The second kappa shape index (κ2) is 5.00. The average molecular weight is 211 g/mol. The summed E-state index contributed by atoms with van der Waals surface area (Å²) in [6, 6.07) is 3.44. The second-order valence-electron chi connectivity index (χ2n) is 3.62. The molecule has 0 aliphatic carbocycles. The quantitative estimate of drug-likeness (QED) is 0.565. The Morgan fingerprint density at radius 2 is 2.00 bits per heavy atom. The van der Waals surface area contributed by atoms with E-state index < -0.39 is 12.1 Å². The predicted molar refractivity (Wildman–Crippen MR) is 57.6 cm³/mol. The zero-order valence-corrected chi connectivity index (χ0v) is 8.72. The first-order valence-electron chi connectivity index (χ1n) is 5.01. The van der Waals surface area contributed by atoms with E-state index in [-0.39, 0.29) is 11.5 Å². The van der Waals surface area contributed by atoms with Gasteiger partial charge in [0.25, 0.3) is 0 Å². The number of benzene rings is 1. The lowest BCUT2D eigenvalue weighted by molar-refractivity contribution is 0.133. The fourth-order valence-electron chi connectivity index (χ4n) is 1.49. The summed E-state index contributed by atoms with van der Waals surface area (Å²) in [6.07, 6.45) is 0.674. The van der Waals surface area contributed by atoms with E-state index >= 15 is 0 Å². The largest absolute Gasteiger partial charge is 0.508 e. The van der Waals surface area contributed by atoms with Crippen molar-refractivity contribution in [1.82, 2.24) is 0 Å². The Hall–Kier alpha value is -1.26. The third-order valence-corrected chi connectivity index (χ3v) is 2.37. The Morgan fingerprint density at radius 1 is 1.33 bits per heavy atom. The zero-order chi connectivity index (χ0) is 11.4. The molecule has 4 nitrogen and oxygen atoms in total. The van der Waals surface area contributed by atoms with Crippen molar-refractivity contribution in [2.75, 3.05) is 0 Å². The van der Waals surface area contributed by atoms with Crippen molar-refractivity contribution in [2.45, 2.75) is 31.9 Å². The molecule has 0 aliphatic heterocycles. The highest BCUT2D eigenvalue weighted by Gasteiger charge is 2.19. The minimum atomic E-state index is -0.706. The van der Waals surface area contributed by atoms with Gasteiger partial charge in [-0.1, -0.05) is 13.3 Å². The summed E-state index contributed by atoms with van der Waals surface area (Å²) in [6.45, 7) is 1.94. The summed E-state index contributed by atoms with van der Waals surface area (Å²) in [7, 11) is 0. The molecule has 1 rings (SSSR count). The number of aromatic hydroxyl groups is 2. The highest BCUT2D eigenvalue weighted by molar-refractivity contribution is 5.40. The molecule has 1 aromatic carbocycles. The predicted octanol–water partition coefficient (Wildman–Crippen LogP) is 1.26. The van der Waals surface area contributed by atoms with Crippen LogP contribution >= 0.6 is 0 Å². The molecule has 0 radical (unpaired) electrons. The van der Waals surface area contributed by atoms with Gasteiger partial charge in [-0.25, -0.2) is 0 Å². The number of hydrogen-bond donors (Lipinski definition) is 4. The second-order valence-corrected chi connectivity index (χ2v) is 3.62. The summed E-state index contributed by atoms with van der Waals surface area (Å²) < 4.78 is 0. The molecule has 0 saturated heterocycles. The van der Waals surface area contributed by atoms with Crippen LogP contribution in [0.4, 0.5) is 0 Å². The number of phenols is 2. The van der Waals surface area contributed by atoms with Crippen LogP contribution in [0.1, 0.15) is 31.4 Å². The van der Waals surface area contributed by atoms with Gasteiger partial charge in [-0.3, -0.25) is 0 Å². The number of nitrogens with two attached hydrogens (primary N) is 1. The molecule has 0 aromatic heterocycles. The fourth-order valence-corrected chi connectivity index (χ4v) is 1.49. The molecule has 15 heavy (non-hydrogen) atoms. The molecular formula is C11H17NO3. The maximum Gasteiger partial charge on any atom is 0.120 e. The summed E-state index contributed by atoms with van der Waals surface area (Å²) in [5.41, 5.74) is 6.14. The minimum Gasteiger partial charge on any atom is -0.508 e. The van der Waals surface area contributed by atoms with Crippen molar-refractivity contribution in [3.8, 4) is 11.5 Å². The maximum atomic E-state index is 9.67. The van der Waals surface area contributed by atoms with Crippen LogP contribution in [0, 0.1) is 0 Å². The van der Waals surface area contributed by atoms with Gasteiger partial charge in [-0.15, -0.1) is 0 Å². The summed E-state index contributed by atoms with van der Waals surface area (Å²) in [5.74, 6) is 0.0254. The van der Waals surface area contributed by atoms with E-state index in [9.17, 15) is 15.3 Å². The third kappa shape index (κ3) is 2.84. The Balaban J connectivity index is 2.89. The Bertz CT molecular complexity index is 328. The summed E-state index contributed by atoms with van der Waals surface area (Å²) in [5, 5.41) is 28.4. The van der Waals surface area contributed by atoms with Crippen LogP contribution in [-0.4, -0.2) is 21.4 Å². The number of rotatable bonds is 4. The molecule has 0 saturated carbocycles. The molecule has 2 atom stereocenters. The van der Waals surface area contributed by atoms with Gasteiger partial charge in [-0.05, 0) is 24.6 Å². The van der Waals surface area contributed by atoms with Crippen molar-refractivity contribution in [1.29, 1.82) is 0 Å². The topological polar surface area (TPSA) is 86.7 Å². The SMILES string of the molecule is CCC[C@@H](O)[C@@H](N)c1cc(O)ccc1O. The standard InChI is InChI=1S/C11H17NO3/c1-2-3-10(15)11(12)8-6-7(13)4-5-9(8)14/h4-6,10-11,13-15H,2-3,12H2,1H3/t10-,11+/m1/s1. The van der Waals surface area contributed by atoms with Gasteiger partial charge in [0.2, 0.25) is 0 Å². The zero-order valence-electron chi connectivity index (χ0n) is 8.72. The summed E-state index contributed by atoms with van der Waals surface area (Å²) >= 11 is 0. The van der Waals surface area contributed by atoms with Gasteiger partial charge in [0.15, 0.2) is 0 Å². The molecule has 0 heterocycles. The van der Waals surface area contributed by atoms with Crippen LogP contribution in [0.15, 0.2) is 18.2 Å². The molecule has 1 aromatic rings. The monoisotopic (exact) mass is 211 g/mol. The van der Waals surface area contributed by atoms with Gasteiger partial charge in [0.1, 0.15) is 11.5 Å². The third-order valence-electron chi connectivity index (χ3n) is 2.37. The number of aliphatic hydroxyl groups excluding tert-OH is 1. The van der Waals surface area contributed by atoms with Gasteiger partial charge in [-0.2, -0.15) is 0 Å². The van der Waals surface area contributed by atoms with E-state index in [1.165, 1.54) is 18.2 Å². The van der Waals surface area contributed by atoms with Crippen LogP contribution in [0.5, 0.6) is 11.5 Å². The highest BCUT2D eigenvalue weighted by Crippen LogP contribution is 2.29. The van der Waals surface area contributed by atoms with E-state index in [2.05, 4.69) is 0 Å². The molecule has 0 aliphatic rings. The smallest absolute Gasteiger partial charge is 0.120 e. The first-order chi connectivity index (χ1) is 7.06. The van der Waals surface area contributed by atoms with Crippen LogP contribution in [0.25, 0.3) is 0 Å². The maximum absolute atomic E-state index is 9.67.